The first kappa shape index (κ1) is 13.1. The van der Waals surface area contributed by atoms with Crippen LogP contribution in [0.4, 0.5) is 5.69 Å². The third-order valence-electron chi connectivity index (χ3n) is 3.12. The number of carbonyl (C=O) groups is 2. The van der Waals surface area contributed by atoms with Crippen molar-refractivity contribution >= 4 is 23.5 Å². The number of ketones is 1. The van der Waals surface area contributed by atoms with Crippen LogP contribution in [-0.4, -0.2) is 18.3 Å². The normalized spacial score (nSPS) is 13.4. The molecule has 0 bridgehead atoms. The lowest BCUT2D eigenvalue weighted by molar-refractivity contribution is -0.118. The van der Waals surface area contributed by atoms with Gasteiger partial charge in [-0.3, -0.25) is 9.59 Å². The van der Waals surface area contributed by atoms with Gasteiger partial charge in [-0.1, -0.05) is 36.4 Å². The lowest BCUT2D eigenvalue weighted by atomic mass is 10.1. The molecule has 1 aliphatic heterocycles. The van der Waals surface area contributed by atoms with Crippen LogP contribution >= 0.6 is 0 Å². The van der Waals surface area contributed by atoms with Gasteiger partial charge in [0, 0.05) is 5.56 Å². The van der Waals surface area contributed by atoms with Crippen molar-refractivity contribution in [3.05, 3.63) is 65.7 Å². The molecule has 21 heavy (non-hydrogen) atoms. The lowest BCUT2D eigenvalue weighted by Gasteiger charge is -2.17. The molecule has 0 radical (unpaired) electrons. The van der Waals surface area contributed by atoms with E-state index in [1.54, 1.807) is 24.3 Å². The third kappa shape index (κ3) is 3.00. The van der Waals surface area contributed by atoms with Gasteiger partial charge in [0.25, 0.3) is 5.91 Å². The Morgan fingerprint density at radius 3 is 2.76 bits per heavy atom. The van der Waals surface area contributed by atoms with Gasteiger partial charge in [0.2, 0.25) is 0 Å². The number of fused-ring (bicyclic) bond motifs is 1. The average molecular weight is 279 g/mol. The molecule has 3 rings (SSSR count). The van der Waals surface area contributed by atoms with Crippen molar-refractivity contribution in [1.82, 2.24) is 0 Å². The minimum Gasteiger partial charge on any atom is -0.482 e. The van der Waals surface area contributed by atoms with Crippen LogP contribution in [0.5, 0.6) is 5.75 Å². The van der Waals surface area contributed by atoms with E-state index in [2.05, 4.69) is 5.32 Å². The number of rotatable bonds is 3. The number of carbonyl (C=O) groups excluding carboxylic acids is 2. The molecule has 0 atom stereocenters. The number of anilines is 1. The molecule has 2 aromatic rings. The summed E-state index contributed by atoms with van der Waals surface area (Å²) in [6.45, 7) is 0.00814. The third-order valence-corrected chi connectivity index (χ3v) is 3.12. The molecule has 2 aromatic carbocycles. The Morgan fingerprint density at radius 2 is 1.95 bits per heavy atom. The Kier molecular flexibility index (Phi) is 3.51. The van der Waals surface area contributed by atoms with Gasteiger partial charge in [0.1, 0.15) is 5.75 Å². The van der Waals surface area contributed by atoms with Crippen LogP contribution in [0.25, 0.3) is 6.08 Å². The van der Waals surface area contributed by atoms with E-state index in [0.29, 0.717) is 17.0 Å². The van der Waals surface area contributed by atoms with E-state index >= 15 is 0 Å². The SMILES string of the molecule is O=C1COc2ccc(C(=O)/C=C\c3ccccc3)cc2N1. The summed E-state index contributed by atoms with van der Waals surface area (Å²) in [5.41, 5.74) is 2.00. The fourth-order valence-electron chi connectivity index (χ4n) is 2.07. The lowest BCUT2D eigenvalue weighted by Crippen LogP contribution is -2.25. The van der Waals surface area contributed by atoms with E-state index in [9.17, 15) is 9.59 Å². The van der Waals surface area contributed by atoms with Gasteiger partial charge in [-0.15, -0.1) is 0 Å². The Hall–Kier alpha value is -2.88. The molecular formula is C17H13NO3. The number of amides is 1. The van der Waals surface area contributed by atoms with Gasteiger partial charge < -0.3 is 10.1 Å². The molecule has 4 heteroatoms. The van der Waals surface area contributed by atoms with Crippen LogP contribution in [0.1, 0.15) is 15.9 Å². The minimum atomic E-state index is -0.216. The van der Waals surface area contributed by atoms with E-state index < -0.39 is 0 Å². The molecule has 4 nitrogen and oxygen atoms in total. The molecule has 0 aliphatic carbocycles. The Morgan fingerprint density at radius 1 is 1.14 bits per heavy atom. The smallest absolute Gasteiger partial charge is 0.262 e. The van der Waals surface area contributed by atoms with Gasteiger partial charge in [-0.05, 0) is 29.8 Å². The number of allylic oxidation sites excluding steroid dienone is 1. The maximum atomic E-state index is 12.1. The van der Waals surface area contributed by atoms with Crippen LogP contribution in [0.2, 0.25) is 0 Å². The number of ether oxygens (including phenoxy) is 1. The van der Waals surface area contributed by atoms with Crippen LogP contribution < -0.4 is 10.1 Å². The van der Waals surface area contributed by atoms with Gasteiger partial charge >= 0.3 is 0 Å². The maximum Gasteiger partial charge on any atom is 0.262 e. The van der Waals surface area contributed by atoms with E-state index in [4.69, 9.17) is 4.74 Å². The summed E-state index contributed by atoms with van der Waals surface area (Å²) in [4.78, 5) is 23.4. The Bertz CT molecular complexity index is 720. The molecule has 0 spiro atoms. The number of nitrogens with one attached hydrogen (secondary N) is 1. The number of hydrogen-bond acceptors (Lipinski definition) is 3. The largest absolute Gasteiger partial charge is 0.482 e. The van der Waals surface area contributed by atoms with Gasteiger partial charge in [-0.25, -0.2) is 0 Å². The Labute approximate surface area is 122 Å². The van der Waals surface area contributed by atoms with Crippen molar-refractivity contribution in [2.45, 2.75) is 0 Å². The number of hydrogen-bond donors (Lipinski definition) is 1. The molecule has 0 fully saturated rings. The van der Waals surface area contributed by atoms with E-state index in [1.807, 2.05) is 30.3 Å². The second-order valence-electron chi connectivity index (χ2n) is 4.66. The molecule has 1 heterocycles. The first-order valence-corrected chi connectivity index (χ1v) is 6.56. The van der Waals surface area contributed by atoms with Crippen LogP contribution in [-0.2, 0) is 4.79 Å². The monoisotopic (exact) mass is 279 g/mol. The second-order valence-corrected chi connectivity index (χ2v) is 4.66. The molecule has 0 aromatic heterocycles. The molecule has 1 N–H and O–H groups in total. The highest BCUT2D eigenvalue weighted by Crippen LogP contribution is 2.28. The summed E-state index contributed by atoms with van der Waals surface area (Å²) >= 11 is 0. The van der Waals surface area contributed by atoms with E-state index in [1.165, 1.54) is 6.08 Å². The maximum absolute atomic E-state index is 12.1. The zero-order valence-corrected chi connectivity index (χ0v) is 11.2. The minimum absolute atomic E-state index is 0.00814. The zero-order chi connectivity index (χ0) is 14.7. The van der Waals surface area contributed by atoms with Crippen LogP contribution in [0.15, 0.2) is 54.6 Å². The van der Waals surface area contributed by atoms with Crippen molar-refractivity contribution in [3.8, 4) is 5.75 Å². The van der Waals surface area contributed by atoms with Crippen molar-refractivity contribution < 1.29 is 14.3 Å². The topological polar surface area (TPSA) is 55.4 Å². The van der Waals surface area contributed by atoms with Crippen LogP contribution in [0, 0.1) is 0 Å². The molecule has 1 aliphatic rings. The van der Waals surface area contributed by atoms with Crippen molar-refractivity contribution in [1.29, 1.82) is 0 Å². The van der Waals surface area contributed by atoms with Crippen LogP contribution in [0.3, 0.4) is 0 Å². The Balaban J connectivity index is 1.81. The summed E-state index contributed by atoms with van der Waals surface area (Å²) in [5.74, 6) is 0.242. The first-order chi connectivity index (χ1) is 10.2. The van der Waals surface area contributed by atoms with E-state index in [0.717, 1.165) is 5.56 Å². The predicted octanol–water partition coefficient (Wildman–Crippen LogP) is 2.91. The highest BCUT2D eigenvalue weighted by molar-refractivity contribution is 6.08. The van der Waals surface area contributed by atoms with Crippen molar-refractivity contribution in [2.24, 2.45) is 0 Å². The summed E-state index contributed by atoms with van der Waals surface area (Å²) < 4.78 is 5.26. The summed E-state index contributed by atoms with van der Waals surface area (Å²) in [6.07, 6.45) is 3.28. The van der Waals surface area contributed by atoms with Gasteiger partial charge in [-0.2, -0.15) is 0 Å². The fraction of sp³-hybridized carbons (Fsp3) is 0.0588. The fourth-order valence-corrected chi connectivity index (χ4v) is 2.07. The summed E-state index contributed by atoms with van der Waals surface area (Å²) in [6, 6.07) is 14.6. The molecule has 0 saturated heterocycles. The zero-order valence-electron chi connectivity index (χ0n) is 11.2. The highest BCUT2D eigenvalue weighted by atomic mass is 16.5. The quantitative estimate of drug-likeness (QED) is 0.694. The second kappa shape index (κ2) is 5.63. The summed E-state index contributed by atoms with van der Waals surface area (Å²) in [7, 11) is 0. The molecule has 1 amide bonds. The van der Waals surface area contributed by atoms with Crippen molar-refractivity contribution in [3.63, 3.8) is 0 Å². The van der Waals surface area contributed by atoms with E-state index in [-0.39, 0.29) is 18.3 Å². The molecular weight excluding hydrogens is 266 g/mol. The van der Waals surface area contributed by atoms with Gasteiger partial charge in [0.15, 0.2) is 12.4 Å². The molecule has 0 saturated carbocycles. The predicted molar refractivity (Wildman–Crippen MR) is 80.4 cm³/mol. The number of benzene rings is 2. The van der Waals surface area contributed by atoms with Crippen molar-refractivity contribution in [2.75, 3.05) is 11.9 Å². The molecule has 0 unspecified atom stereocenters. The van der Waals surface area contributed by atoms with Gasteiger partial charge in [0.05, 0.1) is 5.69 Å². The molecule has 104 valence electrons. The average Bonchev–Trinajstić information content (AvgIpc) is 2.53. The highest BCUT2D eigenvalue weighted by Gasteiger charge is 2.17. The standard InChI is InChI=1S/C17H13NO3/c19-15(8-6-12-4-2-1-3-5-12)13-7-9-16-14(10-13)18-17(20)11-21-16/h1-10H,11H2,(H,18,20)/b8-6-. The first-order valence-electron chi connectivity index (χ1n) is 6.56. The summed E-state index contributed by atoms with van der Waals surface area (Å²) in [5, 5.41) is 2.69.